The predicted molar refractivity (Wildman–Crippen MR) is 82.1 cm³/mol. The molecule has 0 aromatic heterocycles. The second-order valence-electron chi connectivity index (χ2n) is 5.54. The number of nitrogens with one attached hydrogen (secondary N) is 1. The van der Waals surface area contributed by atoms with Gasteiger partial charge in [0.2, 0.25) is 10.0 Å². The van der Waals surface area contributed by atoms with Gasteiger partial charge in [-0.05, 0) is 53.4 Å². The minimum atomic E-state index is -3.60. The van der Waals surface area contributed by atoms with E-state index in [1.54, 1.807) is 18.2 Å². The summed E-state index contributed by atoms with van der Waals surface area (Å²) in [5, 5.41) is 10.4. The molecule has 0 radical (unpaired) electrons. The highest BCUT2D eigenvalue weighted by molar-refractivity contribution is 9.10. The van der Waals surface area contributed by atoms with E-state index < -0.39 is 15.6 Å². The monoisotopic (exact) mass is 361 g/mol. The molecule has 0 unspecified atom stereocenters. The highest BCUT2D eigenvalue weighted by Gasteiger charge is 2.31. The summed E-state index contributed by atoms with van der Waals surface area (Å²) in [6.45, 7) is 1.98. The average Bonchev–Trinajstić information content (AvgIpc) is 2.37. The Bertz CT molecular complexity index is 580. The number of aryl methyl sites for hydroxylation is 1. The van der Waals surface area contributed by atoms with Crippen molar-refractivity contribution < 1.29 is 13.5 Å². The Kier molecular flexibility index (Phi) is 4.89. The molecule has 1 aromatic carbocycles. The van der Waals surface area contributed by atoms with Crippen molar-refractivity contribution >= 4 is 26.0 Å². The first kappa shape index (κ1) is 15.9. The van der Waals surface area contributed by atoms with Crippen LogP contribution in [-0.4, -0.2) is 25.7 Å². The summed E-state index contributed by atoms with van der Waals surface area (Å²) in [5.41, 5.74) is 0.0874. The van der Waals surface area contributed by atoms with Crippen LogP contribution in [0.25, 0.3) is 0 Å². The quantitative estimate of drug-likeness (QED) is 0.866. The molecule has 0 heterocycles. The molecule has 0 atom stereocenters. The first-order valence-electron chi connectivity index (χ1n) is 6.81. The van der Waals surface area contributed by atoms with Crippen molar-refractivity contribution in [1.29, 1.82) is 0 Å². The lowest BCUT2D eigenvalue weighted by Crippen LogP contribution is -2.44. The number of benzene rings is 1. The molecule has 112 valence electrons. The third-order valence-corrected chi connectivity index (χ3v) is 6.13. The highest BCUT2D eigenvalue weighted by Crippen LogP contribution is 2.28. The molecule has 6 heteroatoms. The van der Waals surface area contributed by atoms with E-state index in [0.29, 0.717) is 17.3 Å². The van der Waals surface area contributed by atoms with Crippen molar-refractivity contribution in [3.63, 3.8) is 0 Å². The molecule has 2 N–H and O–H groups in total. The van der Waals surface area contributed by atoms with E-state index in [1.165, 1.54) is 0 Å². The molecular weight excluding hydrogens is 342 g/mol. The first-order valence-corrected chi connectivity index (χ1v) is 9.08. The van der Waals surface area contributed by atoms with Crippen LogP contribution in [0, 0.1) is 6.92 Å². The van der Waals surface area contributed by atoms with E-state index in [0.717, 1.165) is 24.8 Å². The lowest BCUT2D eigenvalue weighted by atomic mass is 9.85. The maximum atomic E-state index is 12.3. The summed E-state index contributed by atoms with van der Waals surface area (Å²) in [6.07, 6.45) is 4.33. The Morgan fingerprint density at radius 3 is 2.55 bits per heavy atom. The average molecular weight is 362 g/mol. The molecule has 0 bridgehead atoms. The van der Waals surface area contributed by atoms with Gasteiger partial charge < -0.3 is 5.11 Å². The number of hydrogen-bond donors (Lipinski definition) is 2. The van der Waals surface area contributed by atoms with Gasteiger partial charge >= 0.3 is 0 Å². The fraction of sp³-hybridized carbons (Fsp3) is 0.571. The molecule has 0 aliphatic heterocycles. The van der Waals surface area contributed by atoms with Gasteiger partial charge in [0, 0.05) is 11.0 Å². The van der Waals surface area contributed by atoms with Gasteiger partial charge in [-0.15, -0.1) is 0 Å². The SMILES string of the molecule is Cc1ccc(S(=O)(=O)NCC2(O)CCCCC2)c(Br)c1. The van der Waals surface area contributed by atoms with Crippen LogP contribution in [0.2, 0.25) is 0 Å². The second-order valence-corrected chi connectivity index (χ2v) is 8.13. The Morgan fingerprint density at radius 2 is 1.95 bits per heavy atom. The van der Waals surface area contributed by atoms with Crippen LogP contribution in [0.15, 0.2) is 27.6 Å². The number of halogens is 1. The van der Waals surface area contributed by atoms with Crippen molar-refractivity contribution in [2.45, 2.75) is 49.5 Å². The predicted octanol–water partition coefficient (Wildman–Crippen LogP) is 2.73. The second kappa shape index (κ2) is 6.13. The number of sulfonamides is 1. The van der Waals surface area contributed by atoms with Gasteiger partial charge in [0.15, 0.2) is 0 Å². The van der Waals surface area contributed by atoms with Gasteiger partial charge in [-0.2, -0.15) is 0 Å². The summed E-state index contributed by atoms with van der Waals surface area (Å²) in [5.74, 6) is 0. The van der Waals surface area contributed by atoms with Crippen molar-refractivity contribution in [3.8, 4) is 0 Å². The summed E-state index contributed by atoms with van der Waals surface area (Å²) < 4.78 is 27.7. The number of rotatable bonds is 4. The van der Waals surface area contributed by atoms with Gasteiger partial charge in [-0.1, -0.05) is 25.3 Å². The van der Waals surface area contributed by atoms with Crippen LogP contribution < -0.4 is 4.72 Å². The van der Waals surface area contributed by atoms with Crippen LogP contribution >= 0.6 is 15.9 Å². The molecule has 1 fully saturated rings. The van der Waals surface area contributed by atoms with Crippen LogP contribution in [0.1, 0.15) is 37.7 Å². The minimum absolute atomic E-state index is 0.0790. The Hall–Kier alpha value is -0.430. The molecule has 1 aliphatic rings. The van der Waals surface area contributed by atoms with Crippen LogP contribution in [0.5, 0.6) is 0 Å². The first-order chi connectivity index (χ1) is 9.32. The molecule has 1 aliphatic carbocycles. The zero-order chi connectivity index (χ0) is 14.8. The Morgan fingerprint density at radius 1 is 1.30 bits per heavy atom. The lowest BCUT2D eigenvalue weighted by Gasteiger charge is -2.32. The van der Waals surface area contributed by atoms with E-state index in [4.69, 9.17) is 0 Å². The largest absolute Gasteiger partial charge is 0.389 e. The normalized spacial score (nSPS) is 18.9. The minimum Gasteiger partial charge on any atom is -0.389 e. The Labute approximate surface area is 128 Å². The van der Waals surface area contributed by atoms with Crippen molar-refractivity contribution in [2.75, 3.05) is 6.54 Å². The van der Waals surface area contributed by atoms with Gasteiger partial charge in [-0.25, -0.2) is 13.1 Å². The van der Waals surface area contributed by atoms with Crippen LogP contribution in [-0.2, 0) is 10.0 Å². The third kappa shape index (κ3) is 3.81. The zero-order valence-corrected chi connectivity index (χ0v) is 13.9. The van der Waals surface area contributed by atoms with Crippen LogP contribution in [0.3, 0.4) is 0 Å². The van der Waals surface area contributed by atoms with E-state index in [2.05, 4.69) is 20.7 Å². The fourth-order valence-corrected chi connectivity index (χ4v) is 4.83. The van der Waals surface area contributed by atoms with E-state index in [9.17, 15) is 13.5 Å². The summed E-state index contributed by atoms with van der Waals surface area (Å²) in [4.78, 5) is 0.211. The topological polar surface area (TPSA) is 66.4 Å². The highest BCUT2D eigenvalue weighted by atomic mass is 79.9. The molecule has 0 spiro atoms. The summed E-state index contributed by atoms with van der Waals surface area (Å²) >= 11 is 3.28. The van der Waals surface area contributed by atoms with E-state index >= 15 is 0 Å². The van der Waals surface area contributed by atoms with Gasteiger partial charge in [0.25, 0.3) is 0 Å². The van der Waals surface area contributed by atoms with Crippen molar-refractivity contribution in [2.24, 2.45) is 0 Å². The molecule has 4 nitrogen and oxygen atoms in total. The summed E-state index contributed by atoms with van der Waals surface area (Å²) in [6, 6.07) is 5.10. The van der Waals surface area contributed by atoms with Crippen molar-refractivity contribution in [3.05, 3.63) is 28.2 Å². The zero-order valence-electron chi connectivity index (χ0n) is 11.5. The molecule has 0 amide bonds. The van der Waals surface area contributed by atoms with Gasteiger partial charge in [0.05, 0.1) is 10.5 Å². The molecule has 1 saturated carbocycles. The molecule has 2 rings (SSSR count). The van der Waals surface area contributed by atoms with E-state index in [1.807, 2.05) is 6.92 Å². The molecular formula is C14H20BrNO3S. The standard InChI is InChI=1S/C14H20BrNO3S/c1-11-5-6-13(12(15)9-11)20(18,19)16-10-14(17)7-3-2-4-8-14/h5-6,9,16-17H,2-4,7-8,10H2,1H3. The Balaban J connectivity index is 2.11. The maximum absolute atomic E-state index is 12.3. The number of aliphatic hydroxyl groups is 1. The van der Waals surface area contributed by atoms with Gasteiger partial charge in [-0.3, -0.25) is 0 Å². The molecule has 1 aromatic rings. The van der Waals surface area contributed by atoms with Gasteiger partial charge in [0.1, 0.15) is 0 Å². The molecule has 0 saturated heterocycles. The maximum Gasteiger partial charge on any atom is 0.241 e. The number of hydrogen-bond acceptors (Lipinski definition) is 3. The van der Waals surface area contributed by atoms with Crippen molar-refractivity contribution in [1.82, 2.24) is 4.72 Å². The van der Waals surface area contributed by atoms with Crippen LogP contribution in [0.4, 0.5) is 0 Å². The lowest BCUT2D eigenvalue weighted by molar-refractivity contribution is 0.00945. The third-order valence-electron chi connectivity index (χ3n) is 3.75. The molecule has 20 heavy (non-hydrogen) atoms. The smallest absolute Gasteiger partial charge is 0.241 e. The summed E-state index contributed by atoms with van der Waals surface area (Å²) in [7, 11) is -3.60. The van der Waals surface area contributed by atoms with E-state index in [-0.39, 0.29) is 11.4 Å². The fourth-order valence-electron chi connectivity index (χ4n) is 2.52.